The molecule has 1 amide bonds. The van der Waals surface area contributed by atoms with E-state index < -0.39 is 0 Å². The van der Waals surface area contributed by atoms with E-state index in [2.05, 4.69) is 46.8 Å². The summed E-state index contributed by atoms with van der Waals surface area (Å²) < 4.78 is 1.72. The zero-order valence-electron chi connectivity index (χ0n) is 16.1. The fourth-order valence-corrected chi connectivity index (χ4v) is 3.61. The summed E-state index contributed by atoms with van der Waals surface area (Å²) in [6.07, 6.45) is 2.75. The molecule has 1 aliphatic heterocycles. The zero-order valence-corrected chi connectivity index (χ0v) is 16.1. The largest absolute Gasteiger partial charge is 0.328 e. The minimum absolute atomic E-state index is 0.00595. The number of nitrogens with zero attached hydrogens (tertiary/aromatic N) is 4. The molecule has 0 aliphatic carbocycles. The van der Waals surface area contributed by atoms with Gasteiger partial charge >= 0.3 is 0 Å². The molecule has 0 bridgehead atoms. The molecule has 0 spiro atoms. The smallest absolute Gasteiger partial charge is 0.276 e. The normalized spacial score (nSPS) is 16.9. The molecule has 1 aliphatic rings. The van der Waals surface area contributed by atoms with Crippen LogP contribution in [0, 0.1) is 0 Å². The van der Waals surface area contributed by atoms with Crippen molar-refractivity contribution in [2.45, 2.75) is 25.9 Å². The van der Waals surface area contributed by atoms with E-state index in [0.29, 0.717) is 18.8 Å². The van der Waals surface area contributed by atoms with Gasteiger partial charge in [-0.3, -0.25) is 4.79 Å². The maximum Gasteiger partial charge on any atom is 0.276 e. The van der Waals surface area contributed by atoms with Crippen LogP contribution in [0.2, 0.25) is 0 Å². The molecule has 0 saturated carbocycles. The summed E-state index contributed by atoms with van der Waals surface area (Å²) in [7, 11) is 0. The lowest BCUT2D eigenvalue weighted by molar-refractivity contribution is 0.0628. The van der Waals surface area contributed by atoms with Crippen molar-refractivity contribution >= 4 is 5.91 Å². The topological polar surface area (TPSA) is 63.1 Å². The van der Waals surface area contributed by atoms with Gasteiger partial charge in [0.1, 0.15) is 0 Å². The quantitative estimate of drug-likeness (QED) is 0.745. The van der Waals surface area contributed by atoms with Gasteiger partial charge in [-0.25, -0.2) is 4.68 Å². The van der Waals surface area contributed by atoms with Crippen molar-refractivity contribution in [2.75, 3.05) is 19.6 Å². The van der Waals surface area contributed by atoms with Crippen molar-refractivity contribution in [3.8, 4) is 0 Å². The van der Waals surface area contributed by atoms with E-state index in [-0.39, 0.29) is 11.9 Å². The van der Waals surface area contributed by atoms with Crippen molar-refractivity contribution in [2.24, 2.45) is 0 Å². The molecular weight excluding hydrogens is 350 g/mol. The lowest BCUT2D eigenvalue weighted by Crippen LogP contribution is -2.48. The molecular formula is C22H25N5O. The first-order chi connectivity index (χ1) is 13.7. The van der Waals surface area contributed by atoms with Gasteiger partial charge in [0, 0.05) is 19.6 Å². The van der Waals surface area contributed by atoms with Crippen molar-refractivity contribution in [1.29, 1.82) is 0 Å². The Balaban J connectivity index is 1.52. The maximum absolute atomic E-state index is 13.2. The number of carbonyl (C=O) groups is 1. The average molecular weight is 375 g/mol. The van der Waals surface area contributed by atoms with E-state index >= 15 is 0 Å². The summed E-state index contributed by atoms with van der Waals surface area (Å²) in [5.41, 5.74) is 3.97. The summed E-state index contributed by atoms with van der Waals surface area (Å²) >= 11 is 0. The first-order valence-electron chi connectivity index (χ1n) is 9.79. The van der Waals surface area contributed by atoms with Crippen LogP contribution >= 0.6 is 0 Å². The average Bonchev–Trinajstić information content (AvgIpc) is 3.22. The maximum atomic E-state index is 13.2. The van der Waals surface area contributed by atoms with Crippen LogP contribution in [0.3, 0.4) is 0 Å². The second-order valence-corrected chi connectivity index (χ2v) is 7.10. The monoisotopic (exact) mass is 375 g/mol. The highest BCUT2D eigenvalue weighted by Crippen LogP contribution is 2.24. The molecule has 3 aromatic rings. The van der Waals surface area contributed by atoms with E-state index in [0.717, 1.165) is 30.6 Å². The Morgan fingerprint density at radius 2 is 1.89 bits per heavy atom. The molecule has 1 saturated heterocycles. The molecule has 1 unspecified atom stereocenters. The van der Waals surface area contributed by atoms with Gasteiger partial charge in [0.15, 0.2) is 5.69 Å². The SMILES string of the molecule is CCc1ccc(C2CNCCN2C(=O)c2cn(Cc3ccccc3)nn2)cc1. The number of rotatable bonds is 5. The second kappa shape index (κ2) is 8.35. The zero-order chi connectivity index (χ0) is 19.3. The summed E-state index contributed by atoms with van der Waals surface area (Å²) in [6.45, 7) is 4.93. The molecule has 6 nitrogen and oxygen atoms in total. The third-order valence-electron chi connectivity index (χ3n) is 5.22. The minimum Gasteiger partial charge on any atom is -0.328 e. The molecule has 1 N–H and O–H groups in total. The molecule has 1 aromatic heterocycles. The van der Waals surface area contributed by atoms with E-state index in [4.69, 9.17) is 0 Å². The van der Waals surface area contributed by atoms with E-state index in [1.807, 2.05) is 35.2 Å². The van der Waals surface area contributed by atoms with Crippen LogP contribution in [0.25, 0.3) is 0 Å². The number of nitrogens with one attached hydrogen (secondary N) is 1. The van der Waals surface area contributed by atoms with Crippen LogP contribution in [0.1, 0.15) is 40.1 Å². The van der Waals surface area contributed by atoms with Crippen LogP contribution in [0.5, 0.6) is 0 Å². The van der Waals surface area contributed by atoms with Crippen LogP contribution in [-0.2, 0) is 13.0 Å². The Morgan fingerprint density at radius 1 is 1.11 bits per heavy atom. The highest BCUT2D eigenvalue weighted by Gasteiger charge is 2.30. The van der Waals surface area contributed by atoms with Gasteiger partial charge in [-0.2, -0.15) is 0 Å². The molecule has 1 fully saturated rings. The van der Waals surface area contributed by atoms with Crippen LogP contribution in [-0.4, -0.2) is 45.4 Å². The highest BCUT2D eigenvalue weighted by molar-refractivity contribution is 5.92. The van der Waals surface area contributed by atoms with Crippen molar-refractivity contribution < 1.29 is 4.79 Å². The summed E-state index contributed by atoms with van der Waals surface area (Å²) in [6, 6.07) is 18.6. The molecule has 4 rings (SSSR count). The number of aryl methyl sites for hydroxylation is 1. The van der Waals surface area contributed by atoms with Crippen molar-refractivity contribution in [3.63, 3.8) is 0 Å². The van der Waals surface area contributed by atoms with E-state index in [1.54, 1.807) is 10.9 Å². The third kappa shape index (κ3) is 3.97. The molecule has 1 atom stereocenters. The predicted octanol–water partition coefficient (Wildman–Crippen LogP) is 2.68. The first-order valence-corrected chi connectivity index (χ1v) is 9.79. The lowest BCUT2D eigenvalue weighted by Gasteiger charge is -2.36. The molecule has 6 heteroatoms. The molecule has 0 radical (unpaired) electrons. The Hall–Kier alpha value is -2.99. The lowest BCUT2D eigenvalue weighted by atomic mass is 10.0. The highest BCUT2D eigenvalue weighted by atomic mass is 16.2. The van der Waals surface area contributed by atoms with Gasteiger partial charge in [-0.15, -0.1) is 5.10 Å². The van der Waals surface area contributed by atoms with Crippen LogP contribution in [0.4, 0.5) is 0 Å². The second-order valence-electron chi connectivity index (χ2n) is 7.10. The fourth-order valence-electron chi connectivity index (χ4n) is 3.61. The number of hydrogen-bond donors (Lipinski definition) is 1. The van der Waals surface area contributed by atoms with Gasteiger partial charge in [-0.05, 0) is 23.1 Å². The van der Waals surface area contributed by atoms with Crippen LogP contribution < -0.4 is 5.32 Å². The number of benzene rings is 2. The summed E-state index contributed by atoms with van der Waals surface area (Å²) in [5, 5.41) is 11.7. The van der Waals surface area contributed by atoms with Gasteiger partial charge < -0.3 is 10.2 Å². The predicted molar refractivity (Wildman–Crippen MR) is 108 cm³/mol. The minimum atomic E-state index is -0.0645. The Labute approximate surface area is 165 Å². The first kappa shape index (κ1) is 18.4. The molecule has 144 valence electrons. The Kier molecular flexibility index (Phi) is 5.48. The van der Waals surface area contributed by atoms with Gasteiger partial charge in [-0.1, -0.05) is 66.7 Å². The molecule has 2 aromatic carbocycles. The fraction of sp³-hybridized carbons (Fsp3) is 0.318. The van der Waals surface area contributed by atoms with E-state index in [1.165, 1.54) is 5.56 Å². The number of carbonyl (C=O) groups excluding carboxylic acids is 1. The number of aromatic nitrogens is 3. The molecule has 28 heavy (non-hydrogen) atoms. The summed E-state index contributed by atoms with van der Waals surface area (Å²) in [5.74, 6) is -0.0645. The van der Waals surface area contributed by atoms with Gasteiger partial charge in [0.2, 0.25) is 0 Å². The molecule has 2 heterocycles. The standard InChI is InChI=1S/C22H25N5O/c1-2-17-8-10-19(11-9-17)21-14-23-12-13-27(21)22(28)20-16-26(25-24-20)15-18-6-4-3-5-7-18/h3-11,16,21,23H,2,12-15H2,1H3. The van der Waals surface area contributed by atoms with E-state index in [9.17, 15) is 4.79 Å². The van der Waals surface area contributed by atoms with Gasteiger partial charge in [0.05, 0.1) is 18.8 Å². The van der Waals surface area contributed by atoms with Gasteiger partial charge in [0.25, 0.3) is 5.91 Å². The number of hydrogen-bond acceptors (Lipinski definition) is 4. The number of amides is 1. The number of piperazine rings is 1. The Morgan fingerprint density at radius 3 is 2.64 bits per heavy atom. The Bertz CT molecular complexity index is 920. The van der Waals surface area contributed by atoms with Crippen LogP contribution in [0.15, 0.2) is 60.8 Å². The van der Waals surface area contributed by atoms with Crippen molar-refractivity contribution in [3.05, 3.63) is 83.2 Å². The third-order valence-corrected chi connectivity index (χ3v) is 5.22. The summed E-state index contributed by atoms with van der Waals surface area (Å²) in [4.78, 5) is 15.1. The van der Waals surface area contributed by atoms with Crippen molar-refractivity contribution in [1.82, 2.24) is 25.2 Å².